The van der Waals surface area contributed by atoms with E-state index in [1.54, 1.807) is 24.3 Å². The highest BCUT2D eigenvalue weighted by Crippen LogP contribution is 2.24. The minimum atomic E-state index is -0.837. The molecule has 1 aromatic carbocycles. The highest BCUT2D eigenvalue weighted by Gasteiger charge is 2.27. The number of ether oxygens (including phenoxy) is 3. The SMILES string of the molecule is CCCC(C)(COC(N)=O)COC(=O)NC(C)C.OCC(O)COc1ccc(Cl)cc1. The fourth-order valence-electron chi connectivity index (χ4n) is 2.33. The van der Waals surface area contributed by atoms with Crippen molar-refractivity contribution in [3.05, 3.63) is 29.3 Å². The van der Waals surface area contributed by atoms with Crippen molar-refractivity contribution in [3.8, 4) is 5.75 Å². The predicted molar refractivity (Wildman–Crippen MR) is 118 cm³/mol. The van der Waals surface area contributed by atoms with Gasteiger partial charge in [0.15, 0.2) is 0 Å². The monoisotopic (exact) mass is 462 g/mol. The summed E-state index contributed by atoms with van der Waals surface area (Å²) in [5.41, 5.74) is 4.53. The van der Waals surface area contributed by atoms with Crippen molar-refractivity contribution in [2.45, 2.75) is 52.7 Å². The van der Waals surface area contributed by atoms with Gasteiger partial charge in [-0.05, 0) is 44.5 Å². The van der Waals surface area contributed by atoms with Crippen LogP contribution in [0.5, 0.6) is 5.75 Å². The molecule has 0 aromatic heterocycles. The van der Waals surface area contributed by atoms with Crippen molar-refractivity contribution in [1.82, 2.24) is 5.32 Å². The smallest absolute Gasteiger partial charge is 0.407 e. The largest absolute Gasteiger partial charge is 0.491 e. The zero-order valence-corrected chi connectivity index (χ0v) is 19.4. The molecule has 0 aliphatic rings. The van der Waals surface area contributed by atoms with E-state index in [0.717, 1.165) is 12.8 Å². The number of primary amides is 1. The molecule has 0 aliphatic heterocycles. The quantitative estimate of drug-likeness (QED) is 0.396. The van der Waals surface area contributed by atoms with E-state index in [1.807, 2.05) is 27.7 Å². The molecule has 178 valence electrons. The molecular formula is C21H35ClN2O7. The van der Waals surface area contributed by atoms with Crippen LogP contribution >= 0.6 is 11.6 Å². The van der Waals surface area contributed by atoms with Gasteiger partial charge in [-0.3, -0.25) is 0 Å². The van der Waals surface area contributed by atoms with Gasteiger partial charge >= 0.3 is 12.2 Å². The number of nitrogens with two attached hydrogens (primary N) is 1. The van der Waals surface area contributed by atoms with Crippen molar-refractivity contribution < 1.29 is 34.0 Å². The Morgan fingerprint density at radius 2 is 1.77 bits per heavy atom. The van der Waals surface area contributed by atoms with Crippen LogP contribution in [0.25, 0.3) is 0 Å². The van der Waals surface area contributed by atoms with Gasteiger partial charge in [0, 0.05) is 16.5 Å². The van der Waals surface area contributed by atoms with E-state index in [9.17, 15) is 9.59 Å². The van der Waals surface area contributed by atoms with Gasteiger partial charge in [0.1, 0.15) is 31.7 Å². The van der Waals surface area contributed by atoms with E-state index in [4.69, 9.17) is 41.8 Å². The maximum absolute atomic E-state index is 11.4. The molecule has 2 atom stereocenters. The highest BCUT2D eigenvalue weighted by atomic mass is 35.5. The number of aliphatic hydroxyl groups excluding tert-OH is 2. The molecule has 0 radical (unpaired) electrons. The molecular weight excluding hydrogens is 428 g/mol. The van der Waals surface area contributed by atoms with Gasteiger partial charge in [0.25, 0.3) is 0 Å². The topological polar surface area (TPSA) is 140 Å². The van der Waals surface area contributed by atoms with Gasteiger partial charge in [0.05, 0.1) is 6.61 Å². The zero-order valence-electron chi connectivity index (χ0n) is 18.6. The molecule has 0 aliphatic carbocycles. The van der Waals surface area contributed by atoms with E-state index in [1.165, 1.54) is 0 Å². The summed E-state index contributed by atoms with van der Waals surface area (Å²) in [6.07, 6.45) is -0.450. The number of rotatable bonds is 11. The lowest BCUT2D eigenvalue weighted by molar-refractivity contribution is 0.0332. The molecule has 1 aromatic rings. The molecule has 2 amide bonds. The van der Waals surface area contributed by atoms with E-state index in [2.05, 4.69) is 5.32 Å². The first-order chi connectivity index (χ1) is 14.5. The Labute approximate surface area is 188 Å². The van der Waals surface area contributed by atoms with Crippen molar-refractivity contribution in [2.75, 3.05) is 26.4 Å². The Hall–Kier alpha value is -2.23. The molecule has 2 unspecified atom stereocenters. The van der Waals surface area contributed by atoms with Gasteiger partial charge in [0.2, 0.25) is 0 Å². The van der Waals surface area contributed by atoms with Crippen molar-refractivity contribution >= 4 is 23.8 Å². The number of alkyl carbamates (subject to hydrolysis) is 1. The predicted octanol–water partition coefficient (Wildman–Crippen LogP) is 3.09. The summed E-state index contributed by atoms with van der Waals surface area (Å²) in [5.74, 6) is 0.622. The lowest BCUT2D eigenvalue weighted by atomic mass is 9.87. The first-order valence-electron chi connectivity index (χ1n) is 10.0. The van der Waals surface area contributed by atoms with Crippen LogP contribution in [0.2, 0.25) is 5.02 Å². The first kappa shape index (κ1) is 28.8. The summed E-state index contributed by atoms with van der Waals surface area (Å²) < 4.78 is 15.1. The normalized spacial score (nSPS) is 13.3. The first-order valence-corrected chi connectivity index (χ1v) is 10.4. The number of benzene rings is 1. The van der Waals surface area contributed by atoms with Crippen LogP contribution in [-0.4, -0.2) is 61.0 Å². The number of carbonyl (C=O) groups excluding carboxylic acids is 2. The Morgan fingerprint density at radius 1 is 1.19 bits per heavy atom. The van der Waals surface area contributed by atoms with Gasteiger partial charge < -0.3 is 35.5 Å². The molecule has 9 nitrogen and oxygen atoms in total. The van der Waals surface area contributed by atoms with Crippen molar-refractivity contribution in [2.24, 2.45) is 11.1 Å². The van der Waals surface area contributed by atoms with Crippen LogP contribution in [0.1, 0.15) is 40.5 Å². The molecule has 31 heavy (non-hydrogen) atoms. The molecule has 0 heterocycles. The lowest BCUT2D eigenvalue weighted by Crippen LogP contribution is -2.37. The fraction of sp³-hybridized carbons (Fsp3) is 0.619. The van der Waals surface area contributed by atoms with Crippen LogP contribution in [0.15, 0.2) is 24.3 Å². The number of hydrogen-bond acceptors (Lipinski definition) is 7. The molecule has 0 saturated heterocycles. The van der Waals surface area contributed by atoms with Crippen molar-refractivity contribution in [1.29, 1.82) is 0 Å². The van der Waals surface area contributed by atoms with Crippen LogP contribution in [-0.2, 0) is 9.47 Å². The third kappa shape index (κ3) is 15.3. The van der Waals surface area contributed by atoms with E-state index >= 15 is 0 Å². The fourth-order valence-corrected chi connectivity index (χ4v) is 2.45. The molecule has 10 heteroatoms. The number of carbonyl (C=O) groups is 2. The minimum Gasteiger partial charge on any atom is -0.491 e. The van der Waals surface area contributed by atoms with Gasteiger partial charge in [-0.15, -0.1) is 0 Å². The minimum absolute atomic E-state index is 0.0248. The third-order valence-corrected chi connectivity index (χ3v) is 4.09. The zero-order chi connectivity index (χ0) is 23.9. The van der Waals surface area contributed by atoms with Crippen LogP contribution < -0.4 is 15.8 Å². The number of aliphatic hydroxyl groups is 2. The van der Waals surface area contributed by atoms with Crippen LogP contribution in [0, 0.1) is 5.41 Å². The second-order valence-corrected chi connectivity index (χ2v) is 8.08. The molecule has 0 fully saturated rings. The molecule has 5 N–H and O–H groups in total. The summed E-state index contributed by atoms with van der Waals surface area (Å²) in [4.78, 5) is 22.0. The molecule has 1 rings (SSSR count). The van der Waals surface area contributed by atoms with Crippen molar-refractivity contribution in [3.63, 3.8) is 0 Å². The second-order valence-electron chi connectivity index (χ2n) is 7.64. The number of amides is 2. The average molecular weight is 463 g/mol. The average Bonchev–Trinajstić information content (AvgIpc) is 2.70. The van der Waals surface area contributed by atoms with E-state index in [-0.39, 0.29) is 32.5 Å². The number of nitrogens with one attached hydrogen (secondary N) is 1. The van der Waals surface area contributed by atoms with Gasteiger partial charge in [-0.1, -0.05) is 31.9 Å². The summed E-state index contributed by atoms with van der Waals surface area (Å²) >= 11 is 5.66. The summed E-state index contributed by atoms with van der Waals surface area (Å²) in [5, 5.41) is 20.7. The molecule has 0 spiro atoms. The molecule has 0 bridgehead atoms. The number of hydrogen-bond donors (Lipinski definition) is 4. The standard InChI is InChI=1S/C12H24N2O4.C9H11ClO3/c1-5-6-12(4,7-17-10(13)15)8-18-11(16)14-9(2)3;10-7-1-3-9(4-2-7)13-6-8(12)5-11/h9H,5-8H2,1-4H3,(H2,13,15)(H,14,16);1-4,8,11-12H,5-6H2. The Balaban J connectivity index is 0.000000609. The van der Waals surface area contributed by atoms with Gasteiger partial charge in [-0.2, -0.15) is 0 Å². The molecule has 0 saturated carbocycles. The Morgan fingerprint density at radius 3 is 2.26 bits per heavy atom. The third-order valence-electron chi connectivity index (χ3n) is 3.84. The van der Waals surface area contributed by atoms with Gasteiger partial charge in [-0.25, -0.2) is 9.59 Å². The highest BCUT2D eigenvalue weighted by molar-refractivity contribution is 6.30. The van der Waals surface area contributed by atoms with Crippen LogP contribution in [0.3, 0.4) is 0 Å². The Bertz CT molecular complexity index is 643. The second kappa shape index (κ2) is 15.6. The summed E-state index contributed by atoms with van der Waals surface area (Å²) in [6, 6.07) is 6.82. The van der Waals surface area contributed by atoms with Crippen LogP contribution in [0.4, 0.5) is 9.59 Å². The lowest BCUT2D eigenvalue weighted by Gasteiger charge is -2.27. The van der Waals surface area contributed by atoms with E-state index in [0.29, 0.717) is 10.8 Å². The number of halogens is 1. The summed E-state index contributed by atoms with van der Waals surface area (Å²) in [7, 11) is 0. The maximum atomic E-state index is 11.4. The Kier molecular flexibility index (Phi) is 14.4. The van der Waals surface area contributed by atoms with E-state index < -0.39 is 23.7 Å². The summed E-state index contributed by atoms with van der Waals surface area (Å²) in [6.45, 7) is 7.72. The maximum Gasteiger partial charge on any atom is 0.407 e.